The predicted molar refractivity (Wildman–Crippen MR) is 35.9 cm³/mol. The van der Waals surface area contributed by atoms with Crippen molar-refractivity contribution < 1.29 is 0 Å². The van der Waals surface area contributed by atoms with Crippen molar-refractivity contribution in [1.29, 1.82) is 0 Å². The van der Waals surface area contributed by atoms with Crippen molar-refractivity contribution >= 4 is 0 Å². The first-order valence-corrected chi connectivity index (χ1v) is 3.58. The fourth-order valence-corrected chi connectivity index (χ4v) is 1.21. The Balaban J connectivity index is 2.20. The van der Waals surface area contributed by atoms with Crippen LogP contribution < -0.4 is 5.32 Å². The van der Waals surface area contributed by atoms with Gasteiger partial charge in [0, 0.05) is 12.1 Å². The van der Waals surface area contributed by atoms with Crippen LogP contribution in [0.15, 0.2) is 0 Å². The third kappa shape index (κ3) is 1.03. The van der Waals surface area contributed by atoms with E-state index >= 15 is 0 Å². The molecule has 0 aromatic carbocycles. The van der Waals surface area contributed by atoms with Gasteiger partial charge in [0.15, 0.2) is 0 Å². The Morgan fingerprint density at radius 1 is 1.50 bits per heavy atom. The van der Waals surface area contributed by atoms with E-state index in [1.807, 2.05) is 0 Å². The molecule has 1 aliphatic rings. The Bertz CT molecular complexity index is 74.5. The molecular formula is C7H15N. The average molecular weight is 113 g/mol. The zero-order chi connectivity index (χ0) is 6.04. The predicted octanol–water partition coefficient (Wildman–Crippen LogP) is 1.54. The Labute approximate surface area is 51.5 Å². The van der Waals surface area contributed by atoms with Gasteiger partial charge in [-0.1, -0.05) is 20.3 Å². The van der Waals surface area contributed by atoms with Gasteiger partial charge in [0.05, 0.1) is 0 Å². The van der Waals surface area contributed by atoms with Gasteiger partial charge in [0.1, 0.15) is 0 Å². The van der Waals surface area contributed by atoms with Gasteiger partial charge in [-0.2, -0.15) is 0 Å². The van der Waals surface area contributed by atoms with Crippen LogP contribution in [0.3, 0.4) is 0 Å². The normalized spacial score (nSPS) is 35.2. The van der Waals surface area contributed by atoms with E-state index in [0.717, 1.165) is 0 Å². The Morgan fingerprint density at radius 3 is 2.25 bits per heavy atom. The van der Waals surface area contributed by atoms with Crippen molar-refractivity contribution in [2.24, 2.45) is 0 Å². The summed E-state index contributed by atoms with van der Waals surface area (Å²) in [6.07, 6.45) is 3.99. The molecule has 48 valence electrons. The molecule has 1 rings (SSSR count). The highest BCUT2D eigenvalue weighted by molar-refractivity contribution is 5.01. The van der Waals surface area contributed by atoms with Gasteiger partial charge in [0.25, 0.3) is 0 Å². The summed E-state index contributed by atoms with van der Waals surface area (Å²) in [4.78, 5) is 0. The second kappa shape index (κ2) is 2.06. The Morgan fingerprint density at radius 2 is 2.12 bits per heavy atom. The van der Waals surface area contributed by atoms with Gasteiger partial charge in [0.2, 0.25) is 0 Å². The summed E-state index contributed by atoms with van der Waals surface area (Å²) in [5.74, 6) is 0. The van der Waals surface area contributed by atoms with E-state index < -0.39 is 0 Å². The van der Waals surface area contributed by atoms with Crippen LogP contribution in [-0.4, -0.2) is 12.1 Å². The van der Waals surface area contributed by atoms with E-state index in [1.165, 1.54) is 25.8 Å². The maximum absolute atomic E-state index is 3.40. The summed E-state index contributed by atoms with van der Waals surface area (Å²) in [6.45, 7) is 5.77. The zero-order valence-electron chi connectivity index (χ0n) is 5.83. The summed E-state index contributed by atoms with van der Waals surface area (Å²) in [7, 11) is 0. The van der Waals surface area contributed by atoms with Crippen molar-refractivity contribution in [3.63, 3.8) is 0 Å². The minimum Gasteiger partial charge on any atom is -0.308 e. The third-order valence-corrected chi connectivity index (χ3v) is 2.08. The monoisotopic (exact) mass is 113 g/mol. The summed E-state index contributed by atoms with van der Waals surface area (Å²) in [5, 5.41) is 3.40. The van der Waals surface area contributed by atoms with Crippen LogP contribution in [0.2, 0.25) is 0 Å². The first-order chi connectivity index (χ1) is 3.83. The van der Waals surface area contributed by atoms with Crippen molar-refractivity contribution in [2.45, 2.75) is 38.6 Å². The minimum atomic E-state index is 0.592. The van der Waals surface area contributed by atoms with Crippen LogP contribution in [0.25, 0.3) is 0 Å². The molecule has 1 N–H and O–H groups in total. The molecule has 0 radical (unpaired) electrons. The fourth-order valence-electron chi connectivity index (χ4n) is 1.21. The van der Waals surface area contributed by atoms with Gasteiger partial charge in [-0.3, -0.25) is 0 Å². The molecule has 1 nitrogen and oxygen atoms in total. The number of rotatable bonds is 3. The van der Waals surface area contributed by atoms with E-state index in [2.05, 4.69) is 19.2 Å². The highest BCUT2D eigenvalue weighted by Gasteiger charge is 2.38. The van der Waals surface area contributed by atoms with Gasteiger partial charge in [-0.25, -0.2) is 0 Å². The summed E-state index contributed by atoms with van der Waals surface area (Å²) < 4.78 is 0. The van der Waals surface area contributed by atoms with E-state index in [9.17, 15) is 0 Å². The molecule has 0 aliphatic carbocycles. The SMILES string of the molecule is CCCC1(CC)CN1. The van der Waals surface area contributed by atoms with E-state index in [-0.39, 0.29) is 0 Å². The maximum atomic E-state index is 3.40. The Hall–Kier alpha value is -0.0400. The highest BCUT2D eigenvalue weighted by atomic mass is 15.2. The van der Waals surface area contributed by atoms with Crippen LogP contribution in [0.1, 0.15) is 33.1 Å². The van der Waals surface area contributed by atoms with Crippen molar-refractivity contribution in [2.75, 3.05) is 6.54 Å². The molecular weight excluding hydrogens is 98.1 g/mol. The van der Waals surface area contributed by atoms with Crippen molar-refractivity contribution in [1.82, 2.24) is 5.32 Å². The molecule has 0 aromatic heterocycles. The molecule has 1 atom stereocenters. The van der Waals surface area contributed by atoms with Gasteiger partial charge < -0.3 is 5.32 Å². The van der Waals surface area contributed by atoms with E-state index in [4.69, 9.17) is 0 Å². The molecule has 0 saturated carbocycles. The average Bonchev–Trinajstić information content (AvgIpc) is 2.50. The molecule has 1 heterocycles. The van der Waals surface area contributed by atoms with Gasteiger partial charge in [-0.15, -0.1) is 0 Å². The van der Waals surface area contributed by atoms with Crippen molar-refractivity contribution in [3.8, 4) is 0 Å². The number of hydrogen-bond donors (Lipinski definition) is 1. The number of nitrogens with one attached hydrogen (secondary N) is 1. The summed E-state index contributed by atoms with van der Waals surface area (Å²) in [5.41, 5.74) is 0.592. The minimum absolute atomic E-state index is 0.592. The largest absolute Gasteiger partial charge is 0.308 e. The molecule has 1 saturated heterocycles. The molecule has 0 amide bonds. The van der Waals surface area contributed by atoms with Crippen LogP contribution in [0, 0.1) is 0 Å². The molecule has 1 aliphatic heterocycles. The van der Waals surface area contributed by atoms with Crippen LogP contribution in [0.5, 0.6) is 0 Å². The molecule has 0 spiro atoms. The van der Waals surface area contributed by atoms with Crippen molar-refractivity contribution in [3.05, 3.63) is 0 Å². The molecule has 8 heavy (non-hydrogen) atoms. The molecule has 1 fully saturated rings. The third-order valence-electron chi connectivity index (χ3n) is 2.08. The van der Waals surface area contributed by atoms with Crippen LogP contribution in [-0.2, 0) is 0 Å². The van der Waals surface area contributed by atoms with Gasteiger partial charge >= 0.3 is 0 Å². The van der Waals surface area contributed by atoms with Crippen LogP contribution in [0.4, 0.5) is 0 Å². The highest BCUT2D eigenvalue weighted by Crippen LogP contribution is 2.26. The second-order valence-electron chi connectivity index (χ2n) is 2.74. The number of hydrogen-bond acceptors (Lipinski definition) is 1. The lowest BCUT2D eigenvalue weighted by atomic mass is 10.0. The van der Waals surface area contributed by atoms with Crippen LogP contribution >= 0.6 is 0 Å². The lowest BCUT2D eigenvalue weighted by Gasteiger charge is -2.06. The maximum Gasteiger partial charge on any atom is 0.0304 e. The fraction of sp³-hybridized carbons (Fsp3) is 1.00. The quantitative estimate of drug-likeness (QED) is 0.551. The van der Waals surface area contributed by atoms with Gasteiger partial charge in [-0.05, 0) is 12.8 Å². The molecule has 1 heteroatoms. The van der Waals surface area contributed by atoms with E-state index in [1.54, 1.807) is 0 Å². The molecule has 1 unspecified atom stereocenters. The molecule has 0 bridgehead atoms. The first kappa shape index (κ1) is 6.09. The topological polar surface area (TPSA) is 21.9 Å². The molecule has 0 aromatic rings. The standard InChI is InChI=1S/C7H15N/c1-3-5-7(4-2)6-8-7/h8H,3-6H2,1-2H3. The summed E-state index contributed by atoms with van der Waals surface area (Å²) in [6, 6.07) is 0. The Kier molecular flexibility index (Phi) is 1.57. The smallest absolute Gasteiger partial charge is 0.0304 e. The summed E-state index contributed by atoms with van der Waals surface area (Å²) >= 11 is 0. The van der Waals surface area contributed by atoms with E-state index in [0.29, 0.717) is 5.54 Å². The first-order valence-electron chi connectivity index (χ1n) is 3.58. The zero-order valence-corrected chi connectivity index (χ0v) is 5.83. The lowest BCUT2D eigenvalue weighted by molar-refractivity contribution is 0.546. The lowest BCUT2D eigenvalue weighted by Crippen LogP contribution is -2.12. The second-order valence-corrected chi connectivity index (χ2v) is 2.74.